The van der Waals surface area contributed by atoms with Gasteiger partial charge in [-0.1, -0.05) is 25.0 Å². The highest BCUT2D eigenvalue weighted by atomic mass is 79.9. The first-order valence-corrected chi connectivity index (χ1v) is 6.78. The molecule has 0 nitrogen and oxygen atoms in total. The molecule has 18 heavy (non-hydrogen) atoms. The van der Waals surface area contributed by atoms with Crippen LogP contribution in [0.25, 0.3) is 0 Å². The van der Waals surface area contributed by atoms with Crippen LogP contribution in [-0.4, -0.2) is 10.8 Å². The van der Waals surface area contributed by atoms with Gasteiger partial charge in [0, 0.05) is 5.92 Å². The van der Waals surface area contributed by atoms with Crippen LogP contribution in [0.4, 0.5) is 17.6 Å². The van der Waals surface area contributed by atoms with E-state index in [2.05, 4.69) is 0 Å². The minimum Gasteiger partial charge on any atom is -0.198 e. The largest absolute Gasteiger partial charge is 0.363 e. The summed E-state index contributed by atoms with van der Waals surface area (Å²) in [6.07, 6.45) is 0.669. The first-order chi connectivity index (χ1) is 7.86. The molecule has 104 valence electrons. The van der Waals surface area contributed by atoms with Gasteiger partial charge >= 0.3 is 10.8 Å². The molecule has 0 aromatic rings. The van der Waals surface area contributed by atoms with Gasteiger partial charge in [0.1, 0.15) is 0 Å². The summed E-state index contributed by atoms with van der Waals surface area (Å²) in [6.45, 7) is 7.33. The molecule has 5 heteroatoms. The maximum absolute atomic E-state index is 14.0. The highest BCUT2D eigenvalue weighted by Crippen LogP contribution is 2.70. The molecular weight excluding hydrogens is 312 g/mol. The quantitative estimate of drug-likeness (QED) is 0.362. The molecule has 0 heterocycles. The second kappa shape index (κ2) is 3.53. The predicted octanol–water partition coefficient (Wildman–Crippen LogP) is 5.38. The fourth-order valence-electron chi connectivity index (χ4n) is 3.97. The Morgan fingerprint density at radius 2 is 1.61 bits per heavy atom. The Morgan fingerprint density at radius 3 is 1.94 bits per heavy atom. The molecule has 3 atom stereocenters. The molecule has 2 aliphatic carbocycles. The lowest BCUT2D eigenvalue weighted by molar-refractivity contribution is -0.198. The first kappa shape index (κ1) is 14.4. The fourth-order valence-corrected chi connectivity index (χ4v) is 4.24. The summed E-state index contributed by atoms with van der Waals surface area (Å²) in [5.41, 5.74) is 0.776. The summed E-state index contributed by atoms with van der Waals surface area (Å²) in [5.74, 6) is -5.34. The second-order valence-corrected chi connectivity index (χ2v) is 7.28. The van der Waals surface area contributed by atoms with E-state index < -0.39 is 22.1 Å². The molecule has 1 saturated carbocycles. The van der Waals surface area contributed by atoms with Crippen molar-refractivity contribution in [2.24, 2.45) is 16.7 Å². The average Bonchev–Trinajstić information content (AvgIpc) is 2.56. The van der Waals surface area contributed by atoms with Gasteiger partial charge in [-0.15, -0.1) is 0 Å². The van der Waals surface area contributed by atoms with E-state index in [1.165, 1.54) is 0 Å². The number of hydrogen-bond acceptors (Lipinski definition) is 0. The Morgan fingerprint density at radius 1 is 1.11 bits per heavy atom. The third-order valence-electron chi connectivity index (χ3n) is 5.32. The van der Waals surface area contributed by atoms with Crippen LogP contribution in [-0.2, 0) is 0 Å². The van der Waals surface area contributed by atoms with Crippen molar-refractivity contribution in [3.8, 4) is 0 Å². The summed E-state index contributed by atoms with van der Waals surface area (Å²) in [4.78, 5) is -4.15. The number of rotatable bonds is 2. The van der Waals surface area contributed by atoms with E-state index in [-0.39, 0.29) is 11.8 Å². The van der Waals surface area contributed by atoms with Crippen LogP contribution in [0, 0.1) is 16.7 Å². The van der Waals surface area contributed by atoms with Gasteiger partial charge in [0.25, 0.3) is 0 Å². The first-order valence-electron chi connectivity index (χ1n) is 5.99. The maximum atomic E-state index is 14.0. The molecular formula is C13H17BrF4. The molecule has 0 aromatic heterocycles. The molecule has 0 amide bonds. The molecule has 3 unspecified atom stereocenters. The molecule has 2 aliphatic rings. The lowest BCUT2D eigenvalue weighted by atomic mass is 9.69. The Labute approximate surface area is 113 Å². The van der Waals surface area contributed by atoms with E-state index in [0.717, 1.165) is 11.1 Å². The van der Waals surface area contributed by atoms with Crippen LogP contribution in [0.2, 0.25) is 0 Å². The van der Waals surface area contributed by atoms with Crippen LogP contribution in [0.1, 0.15) is 40.5 Å². The SMILES string of the molecule is CC1=C(C)C2(C)CC1(C)CC2C(F)(F)C(F)(F)Br. The van der Waals surface area contributed by atoms with E-state index in [4.69, 9.17) is 0 Å². The van der Waals surface area contributed by atoms with E-state index in [9.17, 15) is 17.6 Å². The maximum Gasteiger partial charge on any atom is 0.363 e. The second-order valence-electron chi connectivity index (χ2n) is 6.28. The van der Waals surface area contributed by atoms with Crippen LogP contribution < -0.4 is 0 Å². The number of alkyl halides is 5. The van der Waals surface area contributed by atoms with Gasteiger partial charge in [0.05, 0.1) is 0 Å². The predicted molar refractivity (Wildman–Crippen MR) is 66.1 cm³/mol. The van der Waals surface area contributed by atoms with Crippen molar-refractivity contribution in [1.82, 2.24) is 0 Å². The molecule has 2 rings (SSSR count). The van der Waals surface area contributed by atoms with E-state index >= 15 is 0 Å². The zero-order valence-electron chi connectivity index (χ0n) is 10.9. The molecule has 0 aliphatic heterocycles. The van der Waals surface area contributed by atoms with Gasteiger partial charge < -0.3 is 0 Å². The molecule has 0 radical (unpaired) electrons. The van der Waals surface area contributed by atoms with Crippen molar-refractivity contribution in [2.75, 3.05) is 0 Å². The molecule has 0 aromatic carbocycles. The van der Waals surface area contributed by atoms with Gasteiger partial charge in [-0.25, -0.2) is 0 Å². The van der Waals surface area contributed by atoms with Crippen LogP contribution >= 0.6 is 15.9 Å². The Kier molecular flexibility index (Phi) is 2.81. The van der Waals surface area contributed by atoms with Gasteiger partial charge in [-0.3, -0.25) is 0 Å². The van der Waals surface area contributed by atoms with Crippen LogP contribution in [0.3, 0.4) is 0 Å². The molecule has 0 N–H and O–H groups in total. The third kappa shape index (κ3) is 1.55. The van der Waals surface area contributed by atoms with Crippen LogP contribution in [0.5, 0.6) is 0 Å². The minimum atomic E-state index is -4.15. The van der Waals surface area contributed by atoms with Crippen molar-refractivity contribution in [3.63, 3.8) is 0 Å². The summed E-state index contributed by atoms with van der Waals surface area (Å²) in [7, 11) is 0. The van der Waals surface area contributed by atoms with E-state index in [1.807, 2.05) is 29.8 Å². The lowest BCUT2D eigenvalue weighted by Crippen LogP contribution is -2.48. The minimum absolute atomic E-state index is 0.126. The molecule has 2 bridgehead atoms. The number of allylic oxidation sites excluding steroid dienone is 2. The normalized spacial score (nSPS) is 40.8. The van der Waals surface area contributed by atoms with Crippen LogP contribution in [0.15, 0.2) is 11.1 Å². The topological polar surface area (TPSA) is 0 Å². The highest BCUT2D eigenvalue weighted by Gasteiger charge is 2.70. The smallest absolute Gasteiger partial charge is 0.198 e. The van der Waals surface area contributed by atoms with Crippen molar-refractivity contribution < 1.29 is 17.6 Å². The number of halogens is 5. The Hall–Kier alpha value is -0.0600. The summed E-state index contributed by atoms with van der Waals surface area (Å²) in [5, 5.41) is 0. The number of hydrogen-bond donors (Lipinski definition) is 0. The standard InChI is InChI=1S/C13H17BrF4/c1-7-8(2)11(4)6-10(7,3)5-9(11)12(15,16)13(14,17)18/h9H,5-6H2,1-4H3. The zero-order chi connectivity index (χ0) is 14.1. The highest BCUT2D eigenvalue weighted by molar-refractivity contribution is 9.10. The molecule has 0 saturated heterocycles. The monoisotopic (exact) mass is 328 g/mol. The fraction of sp³-hybridized carbons (Fsp3) is 0.846. The van der Waals surface area contributed by atoms with E-state index in [0.29, 0.717) is 6.42 Å². The van der Waals surface area contributed by atoms with Gasteiger partial charge in [-0.2, -0.15) is 17.6 Å². The van der Waals surface area contributed by atoms with Gasteiger partial charge in [0.15, 0.2) is 0 Å². The molecule has 0 spiro atoms. The Balaban J connectivity index is 2.48. The van der Waals surface area contributed by atoms with Crippen molar-refractivity contribution in [3.05, 3.63) is 11.1 Å². The average molecular weight is 329 g/mol. The Bertz CT molecular complexity index is 423. The van der Waals surface area contributed by atoms with Crippen molar-refractivity contribution in [1.29, 1.82) is 0 Å². The van der Waals surface area contributed by atoms with Crippen molar-refractivity contribution in [2.45, 2.75) is 51.3 Å². The lowest BCUT2D eigenvalue weighted by Gasteiger charge is -2.40. The zero-order valence-corrected chi connectivity index (χ0v) is 12.5. The summed E-state index contributed by atoms with van der Waals surface area (Å²) in [6, 6.07) is 0. The number of fused-ring (bicyclic) bond motifs is 2. The van der Waals surface area contributed by atoms with Gasteiger partial charge in [0.2, 0.25) is 0 Å². The molecule has 1 fully saturated rings. The summed E-state index contributed by atoms with van der Waals surface area (Å²) < 4.78 is 54.3. The third-order valence-corrected chi connectivity index (χ3v) is 5.85. The van der Waals surface area contributed by atoms with Gasteiger partial charge in [-0.05, 0) is 53.4 Å². The summed E-state index contributed by atoms with van der Waals surface area (Å²) >= 11 is 1.86. The van der Waals surface area contributed by atoms with E-state index in [1.54, 1.807) is 13.8 Å². The van der Waals surface area contributed by atoms with Crippen molar-refractivity contribution >= 4 is 15.9 Å².